The Labute approximate surface area is 120 Å². The first-order chi connectivity index (χ1) is 9.23. The van der Waals surface area contributed by atoms with Crippen LogP contribution in [0.15, 0.2) is 28.0 Å². The van der Waals surface area contributed by atoms with Crippen LogP contribution in [-0.4, -0.2) is 56.3 Å². The van der Waals surface area contributed by atoms with Gasteiger partial charge in [0.1, 0.15) is 0 Å². The van der Waals surface area contributed by atoms with Gasteiger partial charge in [-0.25, -0.2) is 8.42 Å². The maximum atomic E-state index is 12.6. The van der Waals surface area contributed by atoms with Gasteiger partial charge in [0.05, 0.1) is 4.90 Å². The lowest BCUT2D eigenvalue weighted by Crippen LogP contribution is -2.39. The first-order valence-electron chi connectivity index (χ1n) is 6.57. The first-order valence-corrected chi connectivity index (χ1v) is 8.01. The number of H-pyrrole nitrogens is 1. The number of rotatable bonds is 7. The summed E-state index contributed by atoms with van der Waals surface area (Å²) >= 11 is 0. The molecule has 1 aromatic heterocycles. The second-order valence-electron chi connectivity index (χ2n) is 5.45. The molecule has 0 saturated carbocycles. The van der Waals surface area contributed by atoms with Crippen molar-refractivity contribution in [1.82, 2.24) is 14.2 Å². The number of aromatic nitrogens is 1. The van der Waals surface area contributed by atoms with Gasteiger partial charge in [0.15, 0.2) is 0 Å². The SMILES string of the molecule is CC(C)CN(CCN(C)C)S(=O)(=O)c1ccc(=O)[nH]c1. The third kappa shape index (κ3) is 4.73. The van der Waals surface area contributed by atoms with Crippen LogP contribution in [0.3, 0.4) is 0 Å². The second kappa shape index (κ2) is 7.01. The van der Waals surface area contributed by atoms with Crippen molar-refractivity contribution in [2.75, 3.05) is 33.7 Å². The lowest BCUT2D eigenvalue weighted by atomic mass is 10.2. The lowest BCUT2D eigenvalue weighted by Gasteiger charge is -2.25. The Morgan fingerprint density at radius 2 is 1.85 bits per heavy atom. The van der Waals surface area contributed by atoms with E-state index < -0.39 is 10.0 Å². The van der Waals surface area contributed by atoms with Crippen LogP contribution in [0.2, 0.25) is 0 Å². The van der Waals surface area contributed by atoms with Gasteiger partial charge in [-0.05, 0) is 26.1 Å². The number of nitrogens with one attached hydrogen (secondary N) is 1. The molecule has 0 radical (unpaired) electrons. The van der Waals surface area contributed by atoms with Crippen molar-refractivity contribution in [2.24, 2.45) is 5.92 Å². The fourth-order valence-corrected chi connectivity index (χ4v) is 3.30. The summed E-state index contributed by atoms with van der Waals surface area (Å²) in [5.74, 6) is 0.231. The summed E-state index contributed by atoms with van der Waals surface area (Å²) in [6.07, 6.45) is 1.25. The largest absolute Gasteiger partial charge is 0.328 e. The van der Waals surface area contributed by atoms with Crippen molar-refractivity contribution in [3.8, 4) is 0 Å². The number of aromatic amines is 1. The summed E-state index contributed by atoms with van der Waals surface area (Å²) < 4.78 is 26.6. The van der Waals surface area contributed by atoms with Gasteiger partial charge < -0.3 is 9.88 Å². The van der Waals surface area contributed by atoms with Gasteiger partial charge in [-0.15, -0.1) is 0 Å². The predicted molar refractivity (Wildman–Crippen MR) is 79.2 cm³/mol. The molecular formula is C13H23N3O3S. The minimum Gasteiger partial charge on any atom is -0.328 e. The molecule has 0 aliphatic carbocycles. The van der Waals surface area contributed by atoms with Crippen LogP contribution in [0, 0.1) is 5.92 Å². The van der Waals surface area contributed by atoms with Crippen molar-refractivity contribution in [1.29, 1.82) is 0 Å². The van der Waals surface area contributed by atoms with Crippen LogP contribution < -0.4 is 5.56 Å². The van der Waals surface area contributed by atoms with Crippen LogP contribution >= 0.6 is 0 Å². The average molecular weight is 301 g/mol. The van der Waals surface area contributed by atoms with E-state index in [1.54, 1.807) is 0 Å². The Hall–Kier alpha value is -1.18. The fourth-order valence-electron chi connectivity index (χ4n) is 1.73. The number of nitrogens with zero attached hydrogens (tertiary/aromatic N) is 2. The van der Waals surface area contributed by atoms with Crippen molar-refractivity contribution < 1.29 is 8.42 Å². The minimum absolute atomic E-state index is 0.122. The van der Waals surface area contributed by atoms with Crippen molar-refractivity contribution in [3.05, 3.63) is 28.7 Å². The van der Waals surface area contributed by atoms with E-state index in [9.17, 15) is 13.2 Å². The summed E-state index contributed by atoms with van der Waals surface area (Å²) in [4.78, 5) is 15.5. The van der Waals surface area contributed by atoms with E-state index in [2.05, 4.69) is 4.98 Å². The van der Waals surface area contributed by atoms with Gasteiger partial charge in [0, 0.05) is 31.9 Å². The fraction of sp³-hybridized carbons (Fsp3) is 0.615. The molecule has 6 nitrogen and oxygen atoms in total. The van der Waals surface area contributed by atoms with Crippen LogP contribution in [0.4, 0.5) is 0 Å². The summed E-state index contributed by atoms with van der Waals surface area (Å²) in [6.45, 7) is 5.48. The van der Waals surface area contributed by atoms with Gasteiger partial charge in [0.25, 0.3) is 0 Å². The zero-order chi connectivity index (χ0) is 15.3. The Morgan fingerprint density at radius 1 is 1.20 bits per heavy atom. The maximum absolute atomic E-state index is 12.6. The van der Waals surface area contributed by atoms with Gasteiger partial charge in [-0.2, -0.15) is 4.31 Å². The summed E-state index contributed by atoms with van der Waals surface area (Å²) in [5.41, 5.74) is -0.312. The van der Waals surface area contributed by atoms with Crippen LogP contribution in [0.25, 0.3) is 0 Å². The van der Waals surface area contributed by atoms with Crippen LogP contribution in [0.5, 0.6) is 0 Å². The molecule has 1 N–H and O–H groups in total. The molecule has 1 aromatic rings. The Kier molecular flexibility index (Phi) is 5.91. The molecule has 1 rings (SSSR count). The summed E-state index contributed by atoms with van der Waals surface area (Å²) in [7, 11) is 0.234. The molecule has 0 unspecified atom stereocenters. The monoisotopic (exact) mass is 301 g/mol. The molecule has 0 fully saturated rings. The van der Waals surface area contributed by atoms with E-state index in [0.717, 1.165) is 0 Å². The molecule has 20 heavy (non-hydrogen) atoms. The van der Waals surface area contributed by atoms with Gasteiger partial charge in [-0.3, -0.25) is 4.79 Å². The topological polar surface area (TPSA) is 73.5 Å². The average Bonchev–Trinajstić information content (AvgIpc) is 2.34. The quantitative estimate of drug-likeness (QED) is 0.799. The molecule has 0 atom stereocenters. The van der Waals surface area contributed by atoms with Gasteiger partial charge in [0.2, 0.25) is 15.6 Å². The molecule has 0 aliphatic rings. The molecule has 0 saturated heterocycles. The van der Waals surface area contributed by atoms with E-state index in [-0.39, 0.29) is 16.4 Å². The molecule has 0 bridgehead atoms. The number of pyridine rings is 1. The Balaban J connectivity index is 3.03. The molecule has 0 aromatic carbocycles. The first kappa shape index (κ1) is 16.9. The number of likely N-dealkylation sites (N-methyl/N-ethyl adjacent to an activating group) is 1. The normalized spacial score (nSPS) is 12.6. The van der Waals surface area contributed by atoms with Crippen LogP contribution in [0.1, 0.15) is 13.8 Å². The van der Waals surface area contributed by atoms with E-state index in [4.69, 9.17) is 0 Å². The molecular weight excluding hydrogens is 278 g/mol. The zero-order valence-electron chi connectivity index (χ0n) is 12.5. The number of hydrogen-bond donors (Lipinski definition) is 1. The standard InChI is InChI=1S/C13H23N3O3S/c1-11(2)10-16(8-7-15(3)4)20(18,19)12-5-6-13(17)14-9-12/h5-6,9,11H,7-8,10H2,1-4H3,(H,14,17). The highest BCUT2D eigenvalue weighted by Gasteiger charge is 2.25. The molecule has 0 spiro atoms. The third-order valence-corrected chi connectivity index (χ3v) is 4.62. The Morgan fingerprint density at radius 3 is 2.30 bits per heavy atom. The minimum atomic E-state index is -3.57. The molecule has 114 valence electrons. The lowest BCUT2D eigenvalue weighted by molar-refractivity contribution is 0.312. The van der Waals surface area contributed by atoms with E-state index in [1.807, 2.05) is 32.8 Å². The summed E-state index contributed by atoms with van der Waals surface area (Å²) in [5, 5.41) is 0. The van der Waals surface area contributed by atoms with E-state index >= 15 is 0 Å². The molecule has 1 heterocycles. The van der Waals surface area contributed by atoms with Crippen molar-refractivity contribution in [3.63, 3.8) is 0 Å². The van der Waals surface area contributed by atoms with Crippen molar-refractivity contribution >= 4 is 10.0 Å². The predicted octanol–water partition coefficient (Wildman–Crippen LogP) is 0.583. The third-order valence-electron chi connectivity index (χ3n) is 2.76. The van der Waals surface area contributed by atoms with E-state index in [0.29, 0.717) is 19.6 Å². The second-order valence-corrected chi connectivity index (χ2v) is 7.39. The number of sulfonamides is 1. The molecule has 0 aliphatic heterocycles. The molecule has 7 heteroatoms. The van der Waals surface area contributed by atoms with Crippen molar-refractivity contribution in [2.45, 2.75) is 18.7 Å². The highest BCUT2D eigenvalue weighted by atomic mass is 32.2. The van der Waals surface area contributed by atoms with Crippen LogP contribution in [-0.2, 0) is 10.0 Å². The smallest absolute Gasteiger partial charge is 0.247 e. The molecule has 0 amide bonds. The van der Waals surface area contributed by atoms with Gasteiger partial charge >= 0.3 is 0 Å². The van der Waals surface area contributed by atoms with E-state index in [1.165, 1.54) is 22.6 Å². The zero-order valence-corrected chi connectivity index (χ0v) is 13.3. The van der Waals surface area contributed by atoms with Gasteiger partial charge in [-0.1, -0.05) is 13.8 Å². The highest BCUT2D eigenvalue weighted by Crippen LogP contribution is 2.15. The number of hydrogen-bond acceptors (Lipinski definition) is 4. The Bertz CT molecular complexity index is 558. The summed E-state index contributed by atoms with van der Waals surface area (Å²) in [6, 6.07) is 2.57. The highest BCUT2D eigenvalue weighted by molar-refractivity contribution is 7.89. The maximum Gasteiger partial charge on any atom is 0.247 e.